The first-order chi connectivity index (χ1) is 12.8. The van der Waals surface area contributed by atoms with E-state index in [1.165, 1.54) is 0 Å². The number of halogens is 2. The molecule has 0 saturated carbocycles. The van der Waals surface area contributed by atoms with Crippen LogP contribution in [0.15, 0.2) is 60.7 Å². The Labute approximate surface area is 178 Å². The number of hydrogen-bond donors (Lipinski definition) is 1. The number of nitrogens with zero attached hydrogens (tertiary/aromatic N) is 2. The minimum absolute atomic E-state index is 0. The fourth-order valence-corrected chi connectivity index (χ4v) is 3.65. The van der Waals surface area contributed by atoms with Crippen molar-refractivity contribution in [3.05, 3.63) is 66.2 Å². The summed E-state index contributed by atoms with van der Waals surface area (Å²) < 4.78 is 0. The van der Waals surface area contributed by atoms with E-state index in [2.05, 4.69) is 5.32 Å². The first-order valence-corrected chi connectivity index (χ1v) is 9.18. The maximum absolute atomic E-state index is 13.3. The summed E-state index contributed by atoms with van der Waals surface area (Å²) in [5.41, 5.74) is 3.48. The van der Waals surface area contributed by atoms with Gasteiger partial charge in [0.1, 0.15) is 0 Å². The maximum atomic E-state index is 13.3. The molecule has 1 amide bonds. The number of piperidine rings is 1. The minimum Gasteiger partial charge on any atom is -0.339 e. The molecule has 1 saturated heterocycles. The van der Waals surface area contributed by atoms with E-state index in [4.69, 9.17) is 4.98 Å². The van der Waals surface area contributed by atoms with Gasteiger partial charge in [0.15, 0.2) is 0 Å². The van der Waals surface area contributed by atoms with Gasteiger partial charge in [-0.25, -0.2) is 4.98 Å². The summed E-state index contributed by atoms with van der Waals surface area (Å²) >= 11 is 0. The van der Waals surface area contributed by atoms with Crippen molar-refractivity contribution in [2.24, 2.45) is 0 Å². The van der Waals surface area contributed by atoms with E-state index in [-0.39, 0.29) is 30.7 Å². The zero-order valence-electron chi connectivity index (χ0n) is 15.8. The first kappa shape index (κ1) is 22.2. The Hall–Kier alpha value is -2.14. The van der Waals surface area contributed by atoms with E-state index in [0.717, 1.165) is 53.7 Å². The second kappa shape index (κ2) is 9.87. The number of carbonyl (C=O) groups excluding carboxylic acids is 1. The zero-order chi connectivity index (χ0) is 17.9. The molecule has 1 aliphatic rings. The smallest absolute Gasteiger partial charge is 0.254 e. The number of nitrogens with one attached hydrogen (secondary N) is 1. The fraction of sp³-hybridized carbons (Fsp3) is 0.273. The zero-order valence-corrected chi connectivity index (χ0v) is 17.4. The standard InChI is InChI=1S/C22H23N3O.2ClH/c1-23-17-11-13-25(14-12-17)22(26)19-15-21(16-7-3-2-4-8-16)24-20-10-6-5-9-18(19)20;;/h2-10,15,17,23H,11-14H2,1H3;2*1H. The molecule has 0 spiro atoms. The lowest BCUT2D eigenvalue weighted by Gasteiger charge is -2.32. The van der Waals surface area contributed by atoms with Crippen LogP contribution in [-0.2, 0) is 0 Å². The highest BCUT2D eigenvalue weighted by Gasteiger charge is 2.24. The molecular formula is C22H25Cl2N3O. The normalized spacial score (nSPS) is 14.2. The van der Waals surface area contributed by atoms with Crippen LogP contribution >= 0.6 is 24.8 Å². The number of para-hydroxylation sites is 1. The third-order valence-corrected chi connectivity index (χ3v) is 5.21. The van der Waals surface area contributed by atoms with Crippen molar-refractivity contribution in [1.82, 2.24) is 15.2 Å². The summed E-state index contributed by atoms with van der Waals surface area (Å²) in [4.78, 5) is 20.0. The van der Waals surface area contributed by atoms with Crippen LogP contribution in [-0.4, -0.2) is 42.0 Å². The van der Waals surface area contributed by atoms with Crippen LogP contribution in [0.3, 0.4) is 0 Å². The Kier molecular flexibility index (Phi) is 7.81. The van der Waals surface area contributed by atoms with Crippen molar-refractivity contribution in [2.75, 3.05) is 20.1 Å². The van der Waals surface area contributed by atoms with Gasteiger partial charge in [0.05, 0.1) is 16.8 Å². The van der Waals surface area contributed by atoms with Gasteiger partial charge in [-0.05, 0) is 32.0 Å². The molecule has 1 N–H and O–H groups in total. The molecule has 1 aromatic heterocycles. The van der Waals surface area contributed by atoms with Gasteiger partial charge >= 0.3 is 0 Å². The fourth-order valence-electron chi connectivity index (χ4n) is 3.65. The molecule has 2 aromatic carbocycles. The number of fused-ring (bicyclic) bond motifs is 1. The molecule has 0 bridgehead atoms. The number of hydrogen-bond acceptors (Lipinski definition) is 3. The van der Waals surface area contributed by atoms with Gasteiger partial charge < -0.3 is 10.2 Å². The van der Waals surface area contributed by atoms with E-state index in [0.29, 0.717) is 6.04 Å². The monoisotopic (exact) mass is 417 g/mol. The van der Waals surface area contributed by atoms with Gasteiger partial charge in [0, 0.05) is 30.1 Å². The molecule has 4 rings (SSSR count). The number of likely N-dealkylation sites (tertiary alicyclic amines) is 1. The number of pyridine rings is 1. The average Bonchev–Trinajstić information content (AvgIpc) is 2.73. The highest BCUT2D eigenvalue weighted by atomic mass is 35.5. The first-order valence-electron chi connectivity index (χ1n) is 9.18. The van der Waals surface area contributed by atoms with Crippen LogP contribution in [0.2, 0.25) is 0 Å². The summed E-state index contributed by atoms with van der Waals surface area (Å²) in [5, 5.41) is 4.24. The summed E-state index contributed by atoms with van der Waals surface area (Å²) in [6.07, 6.45) is 1.99. The molecule has 28 heavy (non-hydrogen) atoms. The lowest BCUT2D eigenvalue weighted by atomic mass is 10.0. The largest absolute Gasteiger partial charge is 0.339 e. The highest BCUT2D eigenvalue weighted by molar-refractivity contribution is 6.07. The van der Waals surface area contributed by atoms with Crippen molar-refractivity contribution >= 4 is 41.6 Å². The van der Waals surface area contributed by atoms with E-state index in [9.17, 15) is 4.79 Å². The third-order valence-electron chi connectivity index (χ3n) is 5.21. The summed E-state index contributed by atoms with van der Waals surface area (Å²) in [7, 11) is 1.99. The predicted octanol–water partition coefficient (Wildman–Crippen LogP) is 4.57. The SMILES string of the molecule is CNC1CCN(C(=O)c2cc(-c3ccccc3)nc3ccccc23)CC1.Cl.Cl. The number of amides is 1. The lowest BCUT2D eigenvalue weighted by molar-refractivity contribution is 0.0709. The minimum atomic E-state index is 0. The van der Waals surface area contributed by atoms with E-state index >= 15 is 0 Å². The van der Waals surface area contributed by atoms with Crippen molar-refractivity contribution in [3.8, 4) is 11.3 Å². The second-order valence-electron chi connectivity index (χ2n) is 6.79. The molecule has 1 fully saturated rings. The topological polar surface area (TPSA) is 45.2 Å². The molecule has 0 unspecified atom stereocenters. The van der Waals surface area contributed by atoms with Gasteiger partial charge in [-0.3, -0.25) is 4.79 Å². The van der Waals surface area contributed by atoms with Crippen LogP contribution in [0.1, 0.15) is 23.2 Å². The number of rotatable bonds is 3. The van der Waals surface area contributed by atoms with Crippen LogP contribution in [0.5, 0.6) is 0 Å². The van der Waals surface area contributed by atoms with Crippen LogP contribution < -0.4 is 5.32 Å². The molecule has 4 nitrogen and oxygen atoms in total. The maximum Gasteiger partial charge on any atom is 0.254 e. The predicted molar refractivity (Wildman–Crippen MR) is 120 cm³/mol. The van der Waals surface area contributed by atoms with Crippen LogP contribution in [0, 0.1) is 0 Å². The van der Waals surface area contributed by atoms with E-state index in [1.54, 1.807) is 0 Å². The van der Waals surface area contributed by atoms with Crippen molar-refractivity contribution in [2.45, 2.75) is 18.9 Å². The van der Waals surface area contributed by atoms with Crippen molar-refractivity contribution in [1.29, 1.82) is 0 Å². The van der Waals surface area contributed by atoms with Gasteiger partial charge in [-0.15, -0.1) is 24.8 Å². The molecule has 0 atom stereocenters. The highest BCUT2D eigenvalue weighted by Crippen LogP contribution is 2.26. The molecule has 0 aliphatic carbocycles. The number of benzene rings is 2. The summed E-state index contributed by atoms with van der Waals surface area (Å²) in [5.74, 6) is 0.107. The van der Waals surface area contributed by atoms with Crippen molar-refractivity contribution in [3.63, 3.8) is 0 Å². The van der Waals surface area contributed by atoms with Crippen LogP contribution in [0.25, 0.3) is 22.2 Å². The van der Waals surface area contributed by atoms with Crippen molar-refractivity contribution < 1.29 is 4.79 Å². The Morgan fingerprint density at radius 1 is 1.00 bits per heavy atom. The number of aromatic nitrogens is 1. The van der Waals surface area contributed by atoms with E-state index < -0.39 is 0 Å². The third kappa shape index (κ3) is 4.46. The quantitative estimate of drug-likeness (QED) is 0.678. The summed E-state index contributed by atoms with van der Waals surface area (Å²) in [6.45, 7) is 1.59. The molecule has 0 radical (unpaired) electrons. The summed E-state index contributed by atoms with van der Waals surface area (Å²) in [6, 6.07) is 20.4. The Morgan fingerprint density at radius 3 is 2.32 bits per heavy atom. The van der Waals surface area contributed by atoms with Crippen LogP contribution in [0.4, 0.5) is 0 Å². The second-order valence-corrected chi connectivity index (χ2v) is 6.79. The van der Waals surface area contributed by atoms with Gasteiger partial charge in [0.2, 0.25) is 0 Å². The molecule has 6 heteroatoms. The molecule has 1 aliphatic heterocycles. The molecule has 2 heterocycles. The average molecular weight is 418 g/mol. The van der Waals surface area contributed by atoms with E-state index in [1.807, 2.05) is 72.6 Å². The van der Waals surface area contributed by atoms with Gasteiger partial charge in [-0.1, -0.05) is 48.5 Å². The number of carbonyl (C=O) groups is 1. The Bertz CT molecular complexity index is 925. The Balaban J connectivity index is 0.00000140. The molecular weight excluding hydrogens is 393 g/mol. The molecule has 3 aromatic rings. The van der Waals surface area contributed by atoms with Gasteiger partial charge in [-0.2, -0.15) is 0 Å². The lowest BCUT2D eigenvalue weighted by Crippen LogP contribution is -2.44. The Morgan fingerprint density at radius 2 is 1.64 bits per heavy atom. The van der Waals surface area contributed by atoms with Gasteiger partial charge in [0.25, 0.3) is 5.91 Å². The molecule has 148 valence electrons.